The van der Waals surface area contributed by atoms with Crippen LogP contribution in [0.3, 0.4) is 0 Å². The van der Waals surface area contributed by atoms with Crippen molar-refractivity contribution in [3.05, 3.63) is 102 Å². The van der Waals surface area contributed by atoms with E-state index in [1.54, 1.807) is 36.4 Å². The minimum absolute atomic E-state index is 0.136. The van der Waals surface area contributed by atoms with Crippen LogP contribution in [0.4, 0.5) is 5.69 Å². The Kier molecular flexibility index (Phi) is 5.70. The molecule has 2 aliphatic heterocycles. The average Bonchev–Trinajstić information content (AvgIpc) is 3.50. The van der Waals surface area contributed by atoms with E-state index in [9.17, 15) is 18.6 Å². The van der Waals surface area contributed by atoms with Crippen LogP contribution >= 0.6 is 0 Å². The number of fused-ring (bicyclic) bond motifs is 3. The second-order valence-corrected chi connectivity index (χ2v) is 11.6. The van der Waals surface area contributed by atoms with Crippen molar-refractivity contribution in [2.75, 3.05) is 10.8 Å². The number of hydrogen-bond acceptors (Lipinski definition) is 5. The molecule has 0 unspecified atom stereocenters. The maximum absolute atomic E-state index is 14.2. The molecule has 2 aliphatic rings. The summed E-state index contributed by atoms with van der Waals surface area (Å²) in [5.41, 5.74) is 4.06. The Morgan fingerprint density at radius 2 is 1.41 bits per heavy atom. The molecule has 1 saturated heterocycles. The topological polar surface area (TPSA) is 87.1 Å². The normalized spacial score (nSPS) is 21.1. The van der Waals surface area contributed by atoms with Crippen molar-refractivity contribution in [1.29, 1.82) is 0 Å². The third-order valence-electron chi connectivity index (χ3n) is 7.35. The zero-order chi connectivity index (χ0) is 25.7. The predicted octanol–water partition coefficient (Wildman–Crippen LogP) is 5.56. The number of aromatic hydroxyl groups is 2. The van der Waals surface area contributed by atoms with Gasteiger partial charge in [-0.05, 0) is 82.8 Å². The lowest BCUT2D eigenvalue weighted by atomic mass is 9.83. The summed E-state index contributed by atoms with van der Waals surface area (Å²) in [6, 6.07) is 27.3. The third kappa shape index (κ3) is 3.95. The van der Waals surface area contributed by atoms with Crippen LogP contribution in [0.15, 0.2) is 91.0 Å². The van der Waals surface area contributed by atoms with Crippen LogP contribution in [0.5, 0.6) is 11.5 Å². The maximum Gasteiger partial charge on any atom is 0.241 e. The summed E-state index contributed by atoms with van der Waals surface area (Å²) in [6.45, 7) is 2.15. The van der Waals surface area contributed by atoms with Crippen molar-refractivity contribution in [1.82, 2.24) is 0 Å². The predicted molar refractivity (Wildman–Crippen MR) is 146 cm³/mol. The van der Waals surface area contributed by atoms with Crippen LogP contribution in [0, 0.1) is 0 Å². The molecule has 7 heteroatoms. The van der Waals surface area contributed by atoms with Crippen LogP contribution in [-0.2, 0) is 14.8 Å². The lowest BCUT2D eigenvalue weighted by molar-refractivity contribution is 0.128. The van der Waals surface area contributed by atoms with E-state index in [-0.39, 0.29) is 11.5 Å². The Labute approximate surface area is 216 Å². The van der Waals surface area contributed by atoms with E-state index in [0.29, 0.717) is 18.7 Å². The largest absolute Gasteiger partial charge is 0.508 e. The number of hydrogen-bond donors (Lipinski definition) is 2. The monoisotopic (exact) mass is 513 g/mol. The molecule has 0 radical (unpaired) electrons. The first-order valence-electron chi connectivity index (χ1n) is 12.4. The molecule has 0 saturated carbocycles. The highest BCUT2D eigenvalue weighted by atomic mass is 32.2. The van der Waals surface area contributed by atoms with Gasteiger partial charge in [0.1, 0.15) is 22.9 Å². The third-order valence-corrected chi connectivity index (χ3v) is 9.63. The molecule has 0 spiro atoms. The average molecular weight is 514 g/mol. The maximum atomic E-state index is 14.2. The van der Waals surface area contributed by atoms with Crippen LogP contribution in [-0.4, -0.2) is 42.6 Å². The highest BCUT2D eigenvalue weighted by Gasteiger charge is 2.54. The fraction of sp³-hybridized carbons (Fsp3) is 0.200. The molecule has 1 fully saturated rings. The molecule has 0 aromatic heterocycles. The van der Waals surface area contributed by atoms with E-state index >= 15 is 0 Å². The van der Waals surface area contributed by atoms with E-state index in [2.05, 4.69) is 0 Å². The Bertz CT molecular complexity index is 1610. The molecular weight excluding hydrogens is 486 g/mol. The summed E-state index contributed by atoms with van der Waals surface area (Å²) in [5.74, 6) is 0.297. The summed E-state index contributed by atoms with van der Waals surface area (Å²) in [7, 11) is -3.78. The first-order chi connectivity index (χ1) is 17.9. The van der Waals surface area contributed by atoms with Crippen molar-refractivity contribution in [3.63, 3.8) is 0 Å². The first-order valence-corrected chi connectivity index (χ1v) is 13.9. The molecule has 2 bridgehead atoms. The van der Waals surface area contributed by atoms with Gasteiger partial charge in [-0.2, -0.15) is 0 Å². The fourth-order valence-corrected chi connectivity index (χ4v) is 7.67. The Morgan fingerprint density at radius 1 is 0.811 bits per heavy atom. The van der Waals surface area contributed by atoms with Gasteiger partial charge in [-0.3, -0.25) is 4.31 Å². The van der Waals surface area contributed by atoms with Gasteiger partial charge in [-0.1, -0.05) is 54.6 Å². The zero-order valence-electron chi connectivity index (χ0n) is 20.3. The van der Waals surface area contributed by atoms with E-state index in [1.165, 1.54) is 4.31 Å². The molecule has 188 valence electrons. The van der Waals surface area contributed by atoms with Gasteiger partial charge in [0, 0.05) is 6.54 Å². The van der Waals surface area contributed by atoms with Crippen LogP contribution in [0.25, 0.3) is 21.9 Å². The van der Waals surface area contributed by atoms with Gasteiger partial charge < -0.3 is 14.9 Å². The van der Waals surface area contributed by atoms with Crippen LogP contribution in [0.1, 0.15) is 24.5 Å². The number of ether oxygens (including phenoxy) is 1. The van der Waals surface area contributed by atoms with Gasteiger partial charge in [0.2, 0.25) is 10.0 Å². The van der Waals surface area contributed by atoms with Crippen molar-refractivity contribution in [2.24, 2.45) is 0 Å². The van der Waals surface area contributed by atoms with Gasteiger partial charge in [0.15, 0.2) is 0 Å². The lowest BCUT2D eigenvalue weighted by Crippen LogP contribution is -2.43. The van der Waals surface area contributed by atoms with Crippen molar-refractivity contribution in [2.45, 2.75) is 30.8 Å². The van der Waals surface area contributed by atoms with Gasteiger partial charge in [0.25, 0.3) is 0 Å². The van der Waals surface area contributed by atoms with Crippen molar-refractivity contribution in [3.8, 4) is 11.5 Å². The first kappa shape index (κ1) is 23.6. The second kappa shape index (κ2) is 8.94. The standard InChI is InChI=1S/C30H27NO5S/c1-2-31(23-12-7-19-5-3-4-6-22(19)17-23)37(34,35)27-18-26-28(20-8-13-24(32)14-9-20)29(30(27)36-26)21-10-15-25(33)16-11-21/h3-17,26-27,30,32-33H,2,18H2,1H3/t26-,27+,30+/m0/s1. The number of rotatable bonds is 6. The molecule has 6 nitrogen and oxygen atoms in total. The second-order valence-electron chi connectivity index (χ2n) is 9.48. The van der Waals surface area contributed by atoms with E-state index < -0.39 is 27.5 Å². The number of benzene rings is 4. The van der Waals surface area contributed by atoms with Gasteiger partial charge >= 0.3 is 0 Å². The molecule has 2 N–H and O–H groups in total. The van der Waals surface area contributed by atoms with Gasteiger partial charge in [0.05, 0.1) is 11.8 Å². The lowest BCUT2D eigenvalue weighted by Gasteiger charge is -2.31. The minimum Gasteiger partial charge on any atom is -0.508 e. The Morgan fingerprint density at radius 3 is 2.03 bits per heavy atom. The summed E-state index contributed by atoms with van der Waals surface area (Å²) in [6.07, 6.45) is -0.708. The molecule has 4 aromatic carbocycles. The van der Waals surface area contributed by atoms with Crippen LogP contribution < -0.4 is 4.31 Å². The molecule has 4 aromatic rings. The van der Waals surface area contributed by atoms with Crippen molar-refractivity contribution < 1.29 is 23.4 Å². The molecule has 6 rings (SSSR count). The molecular formula is C30H27NO5S. The Hall–Kier alpha value is -3.81. The van der Waals surface area contributed by atoms with Crippen LogP contribution in [0.2, 0.25) is 0 Å². The minimum atomic E-state index is -3.78. The van der Waals surface area contributed by atoms with Gasteiger partial charge in [-0.15, -0.1) is 0 Å². The Balaban J connectivity index is 1.43. The quantitative estimate of drug-likeness (QED) is 0.353. The SMILES string of the molecule is CCN(c1ccc2ccccc2c1)S(=O)(=O)[C@@H]1C[C@@H]2O[C@H]1C(c1ccc(O)cc1)=C2c1ccc(O)cc1. The highest BCUT2D eigenvalue weighted by molar-refractivity contribution is 7.93. The van der Waals surface area contributed by atoms with E-state index in [1.807, 2.05) is 61.5 Å². The molecule has 0 amide bonds. The number of nitrogens with zero attached hydrogens (tertiary/aromatic N) is 1. The molecule has 37 heavy (non-hydrogen) atoms. The molecule has 2 heterocycles. The summed E-state index contributed by atoms with van der Waals surface area (Å²) in [4.78, 5) is 0. The molecule has 3 atom stereocenters. The summed E-state index contributed by atoms with van der Waals surface area (Å²) in [5, 5.41) is 20.9. The molecule has 0 aliphatic carbocycles. The highest BCUT2D eigenvalue weighted by Crippen LogP contribution is 2.51. The summed E-state index contributed by atoms with van der Waals surface area (Å²) < 4.78 is 36.2. The zero-order valence-corrected chi connectivity index (χ0v) is 21.1. The number of sulfonamides is 1. The smallest absolute Gasteiger partial charge is 0.241 e. The van der Waals surface area contributed by atoms with Crippen molar-refractivity contribution >= 4 is 37.6 Å². The van der Waals surface area contributed by atoms with E-state index in [0.717, 1.165) is 33.0 Å². The number of anilines is 1. The number of phenols is 2. The number of phenolic OH excluding ortho intramolecular Hbond substituents is 2. The van der Waals surface area contributed by atoms with Gasteiger partial charge in [-0.25, -0.2) is 8.42 Å². The van der Waals surface area contributed by atoms with E-state index in [4.69, 9.17) is 4.74 Å². The summed E-state index contributed by atoms with van der Waals surface area (Å²) >= 11 is 0. The fourth-order valence-electron chi connectivity index (χ4n) is 5.65.